The maximum Gasteiger partial charge on any atom is 0.254 e. The Balaban J connectivity index is 1.65. The van der Waals surface area contributed by atoms with Crippen molar-refractivity contribution in [3.05, 3.63) is 46.7 Å². The second kappa shape index (κ2) is 6.95. The van der Waals surface area contributed by atoms with E-state index in [9.17, 15) is 4.79 Å². The lowest BCUT2D eigenvalue weighted by atomic mass is 10.1. The van der Waals surface area contributed by atoms with Gasteiger partial charge >= 0.3 is 0 Å². The third-order valence-electron chi connectivity index (χ3n) is 3.80. The largest absolute Gasteiger partial charge is 0.496 e. The van der Waals surface area contributed by atoms with E-state index < -0.39 is 0 Å². The van der Waals surface area contributed by atoms with E-state index in [4.69, 9.17) is 4.74 Å². The Hall–Kier alpha value is -2.15. The Bertz CT molecular complexity index is 688. The van der Waals surface area contributed by atoms with E-state index in [1.807, 2.05) is 4.90 Å². The summed E-state index contributed by atoms with van der Waals surface area (Å²) in [5, 5.41) is 0. The Labute approximate surface area is 143 Å². The number of amides is 1. The number of anilines is 1. The van der Waals surface area contributed by atoms with Crippen molar-refractivity contribution < 1.29 is 9.53 Å². The molecule has 1 aromatic heterocycles. The first-order valence-corrected chi connectivity index (χ1v) is 8.13. The van der Waals surface area contributed by atoms with Crippen molar-refractivity contribution in [3.63, 3.8) is 0 Å². The van der Waals surface area contributed by atoms with Gasteiger partial charge in [0.2, 0.25) is 5.95 Å². The van der Waals surface area contributed by atoms with Crippen LogP contribution in [0.1, 0.15) is 10.4 Å². The van der Waals surface area contributed by atoms with Crippen LogP contribution in [0.5, 0.6) is 5.75 Å². The van der Waals surface area contributed by atoms with Crippen LogP contribution in [0.4, 0.5) is 5.95 Å². The summed E-state index contributed by atoms with van der Waals surface area (Å²) in [5.74, 6) is 1.46. The monoisotopic (exact) mass is 376 g/mol. The molecule has 1 aliphatic heterocycles. The molecule has 0 saturated carbocycles. The van der Waals surface area contributed by atoms with Crippen LogP contribution >= 0.6 is 15.9 Å². The third-order valence-corrected chi connectivity index (χ3v) is 4.42. The van der Waals surface area contributed by atoms with E-state index >= 15 is 0 Å². The molecule has 1 saturated heterocycles. The van der Waals surface area contributed by atoms with Crippen molar-refractivity contribution >= 4 is 27.8 Å². The molecular formula is C16H17BrN4O2. The minimum atomic E-state index is 0.0296. The van der Waals surface area contributed by atoms with Crippen LogP contribution in [0.2, 0.25) is 0 Å². The number of hydrogen-bond donors (Lipinski definition) is 0. The van der Waals surface area contributed by atoms with Crippen LogP contribution in [0.25, 0.3) is 0 Å². The van der Waals surface area contributed by atoms with Gasteiger partial charge < -0.3 is 14.5 Å². The highest BCUT2D eigenvalue weighted by Gasteiger charge is 2.23. The lowest BCUT2D eigenvalue weighted by molar-refractivity contribution is 0.0746. The average Bonchev–Trinajstić information content (AvgIpc) is 2.62. The molecule has 7 heteroatoms. The number of hydrogen-bond acceptors (Lipinski definition) is 5. The van der Waals surface area contributed by atoms with Crippen LogP contribution in [-0.2, 0) is 0 Å². The van der Waals surface area contributed by atoms with Gasteiger partial charge in [0, 0.05) is 44.1 Å². The van der Waals surface area contributed by atoms with Gasteiger partial charge in [0.1, 0.15) is 5.75 Å². The molecule has 23 heavy (non-hydrogen) atoms. The van der Waals surface area contributed by atoms with Gasteiger partial charge in [-0.2, -0.15) is 0 Å². The predicted octanol–water partition coefficient (Wildman–Crippen LogP) is 2.21. The molecule has 1 aromatic carbocycles. The maximum atomic E-state index is 12.6. The Morgan fingerprint density at radius 3 is 2.48 bits per heavy atom. The molecule has 2 aromatic rings. The van der Waals surface area contributed by atoms with Crippen molar-refractivity contribution in [1.82, 2.24) is 14.9 Å². The smallest absolute Gasteiger partial charge is 0.254 e. The fourth-order valence-corrected chi connectivity index (χ4v) is 3.09. The first kappa shape index (κ1) is 15.7. The molecule has 3 rings (SSSR count). The zero-order chi connectivity index (χ0) is 16.2. The number of aromatic nitrogens is 2. The number of methoxy groups -OCH3 is 1. The van der Waals surface area contributed by atoms with Gasteiger partial charge in [0.05, 0.1) is 11.6 Å². The number of nitrogens with zero attached hydrogens (tertiary/aromatic N) is 4. The molecule has 0 atom stereocenters. The van der Waals surface area contributed by atoms with E-state index in [0.29, 0.717) is 30.4 Å². The predicted molar refractivity (Wildman–Crippen MR) is 90.8 cm³/mol. The molecule has 0 spiro atoms. The number of carbonyl (C=O) groups is 1. The molecule has 0 bridgehead atoms. The van der Waals surface area contributed by atoms with Crippen molar-refractivity contribution in [2.24, 2.45) is 0 Å². The molecule has 6 nitrogen and oxygen atoms in total. The zero-order valence-electron chi connectivity index (χ0n) is 12.8. The maximum absolute atomic E-state index is 12.6. The van der Waals surface area contributed by atoms with Gasteiger partial charge in [0.25, 0.3) is 5.91 Å². The summed E-state index contributed by atoms with van der Waals surface area (Å²) in [7, 11) is 1.60. The van der Waals surface area contributed by atoms with E-state index in [0.717, 1.165) is 17.6 Å². The number of ether oxygens (including phenoxy) is 1. The second-order valence-corrected chi connectivity index (χ2v) is 6.03. The molecule has 1 aliphatic rings. The van der Waals surface area contributed by atoms with Crippen LogP contribution in [0.3, 0.4) is 0 Å². The summed E-state index contributed by atoms with van der Waals surface area (Å²) >= 11 is 3.42. The second-order valence-electron chi connectivity index (χ2n) is 5.18. The lowest BCUT2D eigenvalue weighted by Gasteiger charge is -2.34. The van der Waals surface area contributed by atoms with Crippen LogP contribution in [0.15, 0.2) is 41.1 Å². The molecule has 1 fully saturated rings. The first-order chi connectivity index (χ1) is 11.2. The molecule has 1 amide bonds. The molecule has 0 aliphatic carbocycles. The summed E-state index contributed by atoms with van der Waals surface area (Å²) in [6.07, 6.45) is 3.46. The summed E-state index contributed by atoms with van der Waals surface area (Å²) in [6, 6.07) is 7.18. The molecule has 2 heterocycles. The summed E-state index contributed by atoms with van der Waals surface area (Å²) in [6.45, 7) is 2.77. The Kier molecular flexibility index (Phi) is 4.76. The van der Waals surface area contributed by atoms with E-state index in [-0.39, 0.29) is 5.91 Å². The van der Waals surface area contributed by atoms with Crippen LogP contribution in [-0.4, -0.2) is 54.1 Å². The lowest BCUT2D eigenvalue weighted by Crippen LogP contribution is -2.49. The fraction of sp³-hybridized carbons (Fsp3) is 0.312. The number of rotatable bonds is 3. The quantitative estimate of drug-likeness (QED) is 0.821. The van der Waals surface area contributed by atoms with Gasteiger partial charge in [-0.3, -0.25) is 4.79 Å². The molecule has 0 N–H and O–H groups in total. The third kappa shape index (κ3) is 3.44. The van der Waals surface area contributed by atoms with E-state index in [1.165, 1.54) is 0 Å². The molecule has 120 valence electrons. The molecule has 0 radical (unpaired) electrons. The summed E-state index contributed by atoms with van der Waals surface area (Å²) < 4.78 is 5.98. The highest BCUT2D eigenvalue weighted by Crippen LogP contribution is 2.26. The molecular weight excluding hydrogens is 360 g/mol. The number of carbonyl (C=O) groups excluding carboxylic acids is 1. The summed E-state index contributed by atoms with van der Waals surface area (Å²) in [5.41, 5.74) is 0.655. The minimum absolute atomic E-state index is 0.0296. The average molecular weight is 377 g/mol. The van der Waals surface area contributed by atoms with Gasteiger partial charge in [-0.1, -0.05) is 0 Å². The normalized spacial score (nSPS) is 14.7. The summed E-state index contributed by atoms with van der Waals surface area (Å²) in [4.78, 5) is 25.1. The first-order valence-electron chi connectivity index (χ1n) is 7.34. The fourth-order valence-electron chi connectivity index (χ4n) is 2.55. The Morgan fingerprint density at radius 1 is 1.17 bits per heavy atom. The van der Waals surface area contributed by atoms with Crippen LogP contribution < -0.4 is 9.64 Å². The van der Waals surface area contributed by atoms with Crippen molar-refractivity contribution in [3.8, 4) is 5.75 Å². The standard InChI is InChI=1S/C16H17BrN4O2/c1-23-14-4-3-12(11-13(14)17)15(22)20-7-9-21(10-8-20)16-18-5-2-6-19-16/h2-6,11H,7-10H2,1H3. The number of halogens is 1. The zero-order valence-corrected chi connectivity index (χ0v) is 14.4. The topological polar surface area (TPSA) is 58.6 Å². The number of piperazine rings is 1. The van der Waals surface area contributed by atoms with Crippen molar-refractivity contribution in [2.45, 2.75) is 0 Å². The van der Waals surface area contributed by atoms with Gasteiger partial charge in [-0.25, -0.2) is 9.97 Å². The number of benzene rings is 1. The molecule has 0 unspecified atom stereocenters. The van der Waals surface area contributed by atoms with Gasteiger partial charge in [-0.05, 0) is 40.2 Å². The van der Waals surface area contributed by atoms with E-state index in [2.05, 4.69) is 30.8 Å². The van der Waals surface area contributed by atoms with Crippen molar-refractivity contribution in [2.75, 3.05) is 38.2 Å². The van der Waals surface area contributed by atoms with Gasteiger partial charge in [-0.15, -0.1) is 0 Å². The van der Waals surface area contributed by atoms with Gasteiger partial charge in [0.15, 0.2) is 0 Å². The van der Waals surface area contributed by atoms with E-state index in [1.54, 1.807) is 43.8 Å². The van der Waals surface area contributed by atoms with Crippen molar-refractivity contribution in [1.29, 1.82) is 0 Å². The van der Waals surface area contributed by atoms with Crippen LogP contribution in [0, 0.1) is 0 Å². The Morgan fingerprint density at radius 2 is 1.87 bits per heavy atom. The SMILES string of the molecule is COc1ccc(C(=O)N2CCN(c3ncccn3)CC2)cc1Br. The highest BCUT2D eigenvalue weighted by atomic mass is 79.9. The highest BCUT2D eigenvalue weighted by molar-refractivity contribution is 9.10. The minimum Gasteiger partial charge on any atom is -0.496 e.